The van der Waals surface area contributed by atoms with Gasteiger partial charge in [0.1, 0.15) is 5.75 Å². The van der Waals surface area contributed by atoms with Crippen molar-refractivity contribution in [2.24, 2.45) is 0 Å². The van der Waals surface area contributed by atoms with Gasteiger partial charge in [-0.25, -0.2) is 0 Å². The predicted octanol–water partition coefficient (Wildman–Crippen LogP) is 1.49. The minimum absolute atomic E-state index is 0.111. The lowest BCUT2D eigenvalue weighted by molar-refractivity contribution is 0.0982. The molecule has 22 heavy (non-hydrogen) atoms. The molecule has 1 aromatic rings. The number of nitrogens with two attached hydrogens (primary N) is 1. The second-order valence-electron chi connectivity index (χ2n) is 6.00. The second kappa shape index (κ2) is 6.75. The first-order chi connectivity index (χ1) is 12.1. The maximum atomic E-state index is 8.36. The topological polar surface area (TPSA) is 45.0 Å². The van der Waals surface area contributed by atoms with Crippen molar-refractivity contribution in [1.82, 2.24) is 9.80 Å². The Kier molecular flexibility index (Phi) is 3.42. The molecule has 2 N–H and O–H groups in total. The van der Waals surface area contributed by atoms with Crippen LogP contribution in [0, 0.1) is 0 Å². The Labute approximate surface area is 139 Å². The van der Waals surface area contributed by atoms with E-state index >= 15 is 0 Å². The van der Waals surface area contributed by atoms with E-state index in [1.54, 1.807) is 19.1 Å². The molecule has 0 unspecified atom stereocenters. The summed E-state index contributed by atoms with van der Waals surface area (Å²) in [6.07, 6.45) is 1.44. The van der Waals surface area contributed by atoms with E-state index in [4.69, 9.17) is 16.0 Å². The van der Waals surface area contributed by atoms with Crippen molar-refractivity contribution in [2.75, 3.05) is 64.0 Å². The monoisotopic (exact) mass is 308 g/mol. The molecule has 2 heterocycles. The average molecular weight is 308 g/mol. The number of hydrogen-bond acceptors (Lipinski definition) is 5. The molecule has 0 aromatic heterocycles. The van der Waals surface area contributed by atoms with Crippen LogP contribution < -0.4 is 15.4 Å². The lowest BCUT2D eigenvalue weighted by Crippen LogP contribution is -2.52. The molecule has 0 amide bonds. The van der Waals surface area contributed by atoms with Crippen LogP contribution in [0.5, 0.6) is 5.75 Å². The fraction of sp³-hybridized carbons (Fsp3) is 0.647. The number of hydrogen-bond donors (Lipinski definition) is 1. The number of methoxy groups -OCH3 is 1. The van der Waals surface area contributed by atoms with Gasteiger partial charge in [0.2, 0.25) is 0 Å². The molecule has 1 aromatic carbocycles. The van der Waals surface area contributed by atoms with Crippen LogP contribution in [-0.2, 0) is 0 Å². The summed E-state index contributed by atoms with van der Waals surface area (Å²) < 4.78 is 38.7. The first-order valence-electron chi connectivity index (χ1n) is 9.80. The number of benzene rings is 1. The van der Waals surface area contributed by atoms with Gasteiger partial charge in [0.05, 0.1) is 12.8 Å². The lowest BCUT2D eigenvalue weighted by atomic mass is 10.0. The summed E-state index contributed by atoms with van der Waals surface area (Å²) >= 11 is 0. The van der Waals surface area contributed by atoms with Gasteiger partial charge in [-0.2, -0.15) is 0 Å². The van der Waals surface area contributed by atoms with E-state index in [-0.39, 0.29) is 19.1 Å². The average Bonchev–Trinajstić information content (AvgIpc) is 2.53. The number of nitrogens with zero attached hydrogens (tertiary/aromatic N) is 3. The molecule has 0 aliphatic carbocycles. The van der Waals surface area contributed by atoms with Crippen LogP contribution in [-0.4, -0.2) is 69.2 Å². The summed E-state index contributed by atoms with van der Waals surface area (Å²) in [6.45, 7) is -1.41. The van der Waals surface area contributed by atoms with Gasteiger partial charge in [0.25, 0.3) is 0 Å². The van der Waals surface area contributed by atoms with Crippen molar-refractivity contribution in [3.8, 4) is 5.75 Å². The van der Waals surface area contributed by atoms with Crippen molar-refractivity contribution in [3.05, 3.63) is 18.2 Å². The molecule has 5 nitrogen and oxygen atoms in total. The third kappa shape index (κ3) is 3.31. The van der Waals surface area contributed by atoms with E-state index in [0.29, 0.717) is 11.4 Å². The minimum atomic E-state index is -1.67. The Morgan fingerprint density at radius 1 is 1.18 bits per heavy atom. The zero-order valence-electron chi connectivity index (χ0n) is 17.4. The van der Waals surface area contributed by atoms with Crippen LogP contribution in [0.4, 0.5) is 11.4 Å². The fourth-order valence-electron chi connectivity index (χ4n) is 3.04. The summed E-state index contributed by atoms with van der Waals surface area (Å²) in [4.78, 5) is 5.42. The highest BCUT2D eigenvalue weighted by atomic mass is 16.5. The van der Waals surface area contributed by atoms with Gasteiger partial charge in [-0.15, -0.1) is 0 Å². The van der Waals surface area contributed by atoms with Gasteiger partial charge in [0, 0.05) is 62.5 Å². The predicted molar refractivity (Wildman–Crippen MR) is 91.7 cm³/mol. The van der Waals surface area contributed by atoms with Gasteiger partial charge in [0.15, 0.2) is 0 Å². The number of ether oxygens (including phenoxy) is 1. The first-order valence-corrected chi connectivity index (χ1v) is 7.80. The number of nitrogen functional groups attached to an aromatic ring is 1. The molecule has 0 spiro atoms. The first kappa shape index (κ1) is 11.1. The lowest BCUT2D eigenvalue weighted by Gasteiger charge is -2.42. The highest BCUT2D eigenvalue weighted by molar-refractivity contribution is 5.62. The number of piperidine rings is 1. The van der Waals surface area contributed by atoms with Gasteiger partial charge >= 0.3 is 0 Å². The molecule has 2 aliphatic rings. The summed E-state index contributed by atoms with van der Waals surface area (Å²) in [7, 11) is 3.36. The van der Waals surface area contributed by atoms with Gasteiger partial charge in [-0.05, 0) is 32.0 Å². The van der Waals surface area contributed by atoms with Crippen molar-refractivity contribution in [3.63, 3.8) is 0 Å². The summed E-state index contributed by atoms with van der Waals surface area (Å²) in [5, 5.41) is 0. The Balaban J connectivity index is 1.72. The molecule has 0 radical (unpaired) electrons. The summed E-state index contributed by atoms with van der Waals surface area (Å²) in [5.41, 5.74) is 7.51. The molecule has 2 saturated heterocycles. The fourth-order valence-corrected chi connectivity index (χ4v) is 3.04. The Morgan fingerprint density at radius 3 is 2.50 bits per heavy atom. The van der Waals surface area contributed by atoms with Gasteiger partial charge < -0.3 is 20.3 Å². The molecule has 3 rings (SSSR count). The molecule has 2 fully saturated rings. The number of rotatable bonds is 3. The summed E-state index contributed by atoms with van der Waals surface area (Å²) in [6, 6.07) is 5.61. The van der Waals surface area contributed by atoms with Crippen LogP contribution in [0.2, 0.25) is 0 Å². The van der Waals surface area contributed by atoms with Crippen LogP contribution in [0.1, 0.15) is 18.3 Å². The van der Waals surface area contributed by atoms with E-state index in [1.165, 1.54) is 4.90 Å². The van der Waals surface area contributed by atoms with Crippen LogP contribution in [0.25, 0.3) is 0 Å². The standard InChI is InChI=1S/C17H28N4O/c1-19-9-11-21(12-10-19)14-5-7-20(8-6-14)15-3-4-16(18)17(13-15)22-2/h3-4,13-14H,5-12,18H2,1-2H3/i11D2,12D2. The third-order valence-electron chi connectivity index (χ3n) is 4.43. The van der Waals surface area contributed by atoms with E-state index in [1.807, 2.05) is 18.2 Å². The van der Waals surface area contributed by atoms with Crippen molar-refractivity contribution in [2.45, 2.75) is 18.9 Å². The van der Waals surface area contributed by atoms with E-state index in [2.05, 4.69) is 4.90 Å². The highest BCUT2D eigenvalue weighted by Crippen LogP contribution is 2.30. The van der Waals surface area contributed by atoms with Crippen LogP contribution >= 0.6 is 0 Å². The maximum absolute atomic E-state index is 8.36. The molecule has 0 saturated carbocycles. The molecule has 5 heteroatoms. The van der Waals surface area contributed by atoms with Crippen molar-refractivity contribution >= 4 is 11.4 Å². The Bertz CT molecular complexity index is 632. The molecule has 2 aliphatic heterocycles. The molecular formula is C17H28N4O. The SMILES string of the molecule is [2H]C1([2H])CN(C)CC([2H])([2H])N1C1CCN(c2ccc(N)c(OC)c2)CC1. The van der Waals surface area contributed by atoms with E-state index in [9.17, 15) is 0 Å². The number of piperazine rings is 1. The van der Waals surface area contributed by atoms with E-state index in [0.717, 1.165) is 31.6 Å². The zero-order valence-corrected chi connectivity index (χ0v) is 13.4. The van der Waals surface area contributed by atoms with Crippen molar-refractivity contribution < 1.29 is 10.2 Å². The van der Waals surface area contributed by atoms with Crippen LogP contribution in [0.15, 0.2) is 18.2 Å². The Morgan fingerprint density at radius 2 is 1.86 bits per heavy atom. The second-order valence-corrected chi connectivity index (χ2v) is 6.00. The van der Waals surface area contributed by atoms with Crippen LogP contribution in [0.3, 0.4) is 0 Å². The zero-order chi connectivity index (χ0) is 19.1. The third-order valence-corrected chi connectivity index (χ3v) is 4.43. The molecule has 0 atom stereocenters. The molecule has 0 bridgehead atoms. The number of anilines is 2. The minimum Gasteiger partial charge on any atom is -0.495 e. The number of likely N-dealkylation sites (N-methyl/N-ethyl adjacent to an activating group) is 1. The molecule has 122 valence electrons. The summed E-state index contributed by atoms with van der Waals surface area (Å²) in [5.74, 6) is 0.649. The van der Waals surface area contributed by atoms with Gasteiger partial charge in [-0.1, -0.05) is 0 Å². The maximum Gasteiger partial charge on any atom is 0.143 e. The molecular weight excluding hydrogens is 276 g/mol. The quantitative estimate of drug-likeness (QED) is 0.857. The Hall–Kier alpha value is -1.46. The van der Waals surface area contributed by atoms with E-state index < -0.39 is 13.0 Å². The normalized spacial score (nSPS) is 29.3. The van der Waals surface area contributed by atoms with Crippen molar-refractivity contribution in [1.29, 1.82) is 0 Å². The smallest absolute Gasteiger partial charge is 0.143 e. The van der Waals surface area contributed by atoms with Gasteiger partial charge in [-0.3, -0.25) is 4.90 Å². The largest absolute Gasteiger partial charge is 0.495 e. The highest BCUT2D eigenvalue weighted by Gasteiger charge is 2.26.